The van der Waals surface area contributed by atoms with Crippen LogP contribution in [0.2, 0.25) is 0 Å². The van der Waals surface area contributed by atoms with Crippen molar-refractivity contribution in [3.63, 3.8) is 0 Å². The first-order chi connectivity index (χ1) is 11.5. The number of fused-ring (bicyclic) bond motifs is 1. The molecule has 0 saturated carbocycles. The van der Waals surface area contributed by atoms with Gasteiger partial charge in [-0.05, 0) is 44.2 Å². The van der Waals surface area contributed by atoms with E-state index in [1.165, 1.54) is 4.52 Å². The van der Waals surface area contributed by atoms with Gasteiger partial charge in [-0.25, -0.2) is 9.50 Å². The minimum Gasteiger partial charge on any atom is -0.355 e. The zero-order valence-electron chi connectivity index (χ0n) is 13.5. The fourth-order valence-corrected chi connectivity index (χ4v) is 2.30. The SMILES string of the molecule is CNC(=O)c1ccc(NC(=O)c2nc3nc(C)cc(C)n3n2)cc1. The topological polar surface area (TPSA) is 101 Å². The number of carbonyl (C=O) groups excluding carboxylic acids is 2. The van der Waals surface area contributed by atoms with Gasteiger partial charge >= 0.3 is 0 Å². The summed E-state index contributed by atoms with van der Waals surface area (Å²) < 4.78 is 1.52. The van der Waals surface area contributed by atoms with Gasteiger partial charge in [0.1, 0.15) is 0 Å². The Morgan fingerprint density at radius 2 is 1.75 bits per heavy atom. The number of hydrogen-bond donors (Lipinski definition) is 2. The van der Waals surface area contributed by atoms with Gasteiger partial charge in [0.2, 0.25) is 5.82 Å². The fraction of sp³-hybridized carbons (Fsp3) is 0.188. The summed E-state index contributed by atoms with van der Waals surface area (Å²) in [4.78, 5) is 32.2. The van der Waals surface area contributed by atoms with Crippen molar-refractivity contribution in [1.29, 1.82) is 0 Å². The Labute approximate surface area is 137 Å². The van der Waals surface area contributed by atoms with Crippen LogP contribution in [0.25, 0.3) is 5.78 Å². The maximum atomic E-state index is 12.3. The number of anilines is 1. The highest BCUT2D eigenvalue weighted by molar-refractivity contribution is 6.02. The third kappa shape index (κ3) is 2.94. The van der Waals surface area contributed by atoms with Crippen LogP contribution in [0.3, 0.4) is 0 Å². The van der Waals surface area contributed by atoms with Crippen LogP contribution in [0.15, 0.2) is 30.3 Å². The summed E-state index contributed by atoms with van der Waals surface area (Å²) in [6, 6.07) is 8.40. The van der Waals surface area contributed by atoms with Crippen LogP contribution in [-0.4, -0.2) is 38.4 Å². The van der Waals surface area contributed by atoms with Gasteiger partial charge in [0.05, 0.1) is 0 Å². The number of hydrogen-bond acceptors (Lipinski definition) is 5. The second kappa shape index (κ2) is 6.07. The van der Waals surface area contributed by atoms with Gasteiger partial charge in [0, 0.05) is 29.7 Å². The van der Waals surface area contributed by atoms with Crippen LogP contribution in [0, 0.1) is 13.8 Å². The molecule has 0 aliphatic carbocycles. The monoisotopic (exact) mass is 324 g/mol. The van der Waals surface area contributed by atoms with E-state index >= 15 is 0 Å². The Hall–Kier alpha value is -3.29. The van der Waals surface area contributed by atoms with Crippen LogP contribution in [0.4, 0.5) is 5.69 Å². The zero-order chi connectivity index (χ0) is 17.3. The Morgan fingerprint density at radius 3 is 2.42 bits per heavy atom. The van der Waals surface area contributed by atoms with E-state index < -0.39 is 5.91 Å². The highest BCUT2D eigenvalue weighted by Crippen LogP contribution is 2.11. The van der Waals surface area contributed by atoms with Gasteiger partial charge < -0.3 is 10.6 Å². The highest BCUT2D eigenvalue weighted by atomic mass is 16.2. The van der Waals surface area contributed by atoms with E-state index in [1.807, 2.05) is 19.9 Å². The van der Waals surface area contributed by atoms with Crippen LogP contribution < -0.4 is 10.6 Å². The molecule has 2 heterocycles. The molecule has 0 unspecified atom stereocenters. The average molecular weight is 324 g/mol. The van der Waals surface area contributed by atoms with Crippen molar-refractivity contribution in [3.8, 4) is 0 Å². The van der Waals surface area contributed by atoms with Gasteiger partial charge in [0.25, 0.3) is 17.6 Å². The van der Waals surface area contributed by atoms with Crippen LogP contribution >= 0.6 is 0 Å². The maximum Gasteiger partial charge on any atom is 0.295 e. The molecule has 0 radical (unpaired) electrons. The molecule has 8 heteroatoms. The summed E-state index contributed by atoms with van der Waals surface area (Å²) in [6.45, 7) is 3.73. The lowest BCUT2D eigenvalue weighted by Gasteiger charge is -2.04. The van der Waals surface area contributed by atoms with Crippen LogP contribution in [-0.2, 0) is 0 Å². The summed E-state index contributed by atoms with van der Waals surface area (Å²) in [5.41, 5.74) is 2.71. The summed E-state index contributed by atoms with van der Waals surface area (Å²) in [5, 5.41) is 9.41. The van der Waals surface area contributed by atoms with E-state index in [9.17, 15) is 9.59 Å². The number of carbonyl (C=O) groups is 2. The minimum absolute atomic E-state index is 0.0339. The molecule has 0 saturated heterocycles. The van der Waals surface area contributed by atoms with Crippen molar-refractivity contribution in [3.05, 3.63) is 53.1 Å². The fourth-order valence-electron chi connectivity index (χ4n) is 2.30. The van der Waals surface area contributed by atoms with Gasteiger partial charge in [0.15, 0.2) is 0 Å². The molecule has 24 heavy (non-hydrogen) atoms. The van der Waals surface area contributed by atoms with Gasteiger partial charge in [-0.3, -0.25) is 9.59 Å². The zero-order valence-corrected chi connectivity index (χ0v) is 13.5. The van der Waals surface area contributed by atoms with Crippen molar-refractivity contribution in [2.45, 2.75) is 13.8 Å². The molecule has 122 valence electrons. The molecule has 0 fully saturated rings. The van der Waals surface area contributed by atoms with E-state index in [0.29, 0.717) is 17.0 Å². The first kappa shape index (κ1) is 15.6. The molecule has 2 amide bonds. The second-order valence-corrected chi connectivity index (χ2v) is 5.30. The van der Waals surface area contributed by atoms with Crippen molar-refractivity contribution in [2.24, 2.45) is 0 Å². The molecule has 0 spiro atoms. The Balaban J connectivity index is 1.82. The second-order valence-electron chi connectivity index (χ2n) is 5.30. The lowest BCUT2D eigenvalue weighted by molar-refractivity contribution is 0.0962. The number of nitrogens with one attached hydrogen (secondary N) is 2. The molecule has 0 bridgehead atoms. The minimum atomic E-state index is -0.440. The Kier molecular flexibility index (Phi) is 3.95. The molecule has 2 N–H and O–H groups in total. The van der Waals surface area contributed by atoms with E-state index in [2.05, 4.69) is 25.7 Å². The van der Waals surface area contributed by atoms with E-state index in [4.69, 9.17) is 0 Å². The predicted octanol–water partition coefficient (Wildman–Crippen LogP) is 1.35. The number of aryl methyl sites for hydroxylation is 2. The molecule has 3 aromatic rings. The number of aromatic nitrogens is 4. The number of rotatable bonds is 3. The quantitative estimate of drug-likeness (QED) is 0.757. The first-order valence-electron chi connectivity index (χ1n) is 7.32. The number of nitrogens with zero attached hydrogens (tertiary/aromatic N) is 4. The molecule has 0 atom stereocenters. The van der Waals surface area contributed by atoms with Gasteiger partial charge in [-0.1, -0.05) is 0 Å². The summed E-state index contributed by atoms with van der Waals surface area (Å²) in [7, 11) is 1.56. The van der Waals surface area contributed by atoms with E-state index in [1.54, 1.807) is 31.3 Å². The predicted molar refractivity (Wildman–Crippen MR) is 88.0 cm³/mol. The standard InChI is InChI=1S/C16H16N6O2/c1-9-8-10(2)22-16(18-9)20-13(21-22)15(24)19-12-6-4-11(5-7-12)14(23)17-3/h4-8H,1-3H3,(H,17,23)(H,19,24). The lowest BCUT2D eigenvalue weighted by Crippen LogP contribution is -2.18. The maximum absolute atomic E-state index is 12.3. The summed E-state index contributed by atoms with van der Waals surface area (Å²) in [6.07, 6.45) is 0. The number of amides is 2. The number of benzene rings is 1. The van der Waals surface area contributed by atoms with E-state index in [-0.39, 0.29) is 11.7 Å². The summed E-state index contributed by atoms with van der Waals surface area (Å²) >= 11 is 0. The average Bonchev–Trinajstić information content (AvgIpc) is 2.99. The van der Waals surface area contributed by atoms with Crippen LogP contribution in [0.1, 0.15) is 32.4 Å². The third-order valence-corrected chi connectivity index (χ3v) is 3.45. The van der Waals surface area contributed by atoms with Crippen molar-refractivity contribution in [2.75, 3.05) is 12.4 Å². The summed E-state index contributed by atoms with van der Waals surface area (Å²) in [5.74, 6) is -0.212. The molecule has 8 nitrogen and oxygen atoms in total. The molecule has 0 aliphatic rings. The van der Waals surface area contributed by atoms with Crippen molar-refractivity contribution >= 4 is 23.3 Å². The molecular weight excluding hydrogens is 308 g/mol. The molecule has 2 aromatic heterocycles. The van der Waals surface area contributed by atoms with Gasteiger partial charge in [-0.15, -0.1) is 5.10 Å². The molecular formula is C16H16N6O2. The normalized spacial score (nSPS) is 10.6. The van der Waals surface area contributed by atoms with Gasteiger partial charge in [-0.2, -0.15) is 4.98 Å². The lowest BCUT2D eigenvalue weighted by atomic mass is 10.2. The molecule has 3 rings (SSSR count). The molecule has 0 aliphatic heterocycles. The highest BCUT2D eigenvalue weighted by Gasteiger charge is 2.15. The van der Waals surface area contributed by atoms with E-state index in [0.717, 1.165) is 11.4 Å². The molecule has 1 aromatic carbocycles. The van der Waals surface area contributed by atoms with Crippen molar-refractivity contribution < 1.29 is 9.59 Å². The largest absolute Gasteiger partial charge is 0.355 e. The Morgan fingerprint density at radius 1 is 1.04 bits per heavy atom. The van der Waals surface area contributed by atoms with Crippen molar-refractivity contribution in [1.82, 2.24) is 24.9 Å². The third-order valence-electron chi connectivity index (χ3n) is 3.45. The van der Waals surface area contributed by atoms with Crippen LogP contribution in [0.5, 0.6) is 0 Å². The Bertz CT molecular complexity index is 930. The first-order valence-corrected chi connectivity index (χ1v) is 7.32. The smallest absolute Gasteiger partial charge is 0.295 e.